The van der Waals surface area contributed by atoms with Crippen LogP contribution in [0.2, 0.25) is 0 Å². The van der Waals surface area contributed by atoms with Crippen LogP contribution in [-0.2, 0) is 19.8 Å². The van der Waals surface area contributed by atoms with E-state index in [0.717, 1.165) is 0 Å². The summed E-state index contributed by atoms with van der Waals surface area (Å²) in [6.07, 6.45) is -4.64. The summed E-state index contributed by atoms with van der Waals surface area (Å²) < 4.78 is 47.3. The van der Waals surface area contributed by atoms with E-state index in [9.17, 15) is 18.0 Å². The minimum absolute atomic E-state index is 0.0647. The fourth-order valence-electron chi connectivity index (χ4n) is 3.13. The van der Waals surface area contributed by atoms with Gasteiger partial charge in [-0.15, -0.1) is 0 Å². The van der Waals surface area contributed by atoms with Crippen molar-refractivity contribution >= 4 is 22.1 Å². The Morgan fingerprint density at radius 2 is 1.88 bits per heavy atom. The molecule has 134 valence electrons. The Balaban J connectivity index is 1.95. The van der Waals surface area contributed by atoms with Crippen LogP contribution in [-0.4, -0.2) is 24.7 Å². The number of pyridine rings is 1. The fourth-order valence-corrected chi connectivity index (χ4v) is 3.13. The number of aryl methyl sites for hydroxylation is 2. The van der Waals surface area contributed by atoms with E-state index in [2.05, 4.69) is 20.0 Å². The molecule has 0 aliphatic rings. The van der Waals surface area contributed by atoms with Gasteiger partial charge < -0.3 is 0 Å². The van der Waals surface area contributed by atoms with Crippen molar-refractivity contribution in [3.05, 3.63) is 51.4 Å². The Labute approximate surface area is 143 Å². The van der Waals surface area contributed by atoms with Gasteiger partial charge in [0, 0.05) is 13.1 Å². The first-order valence-corrected chi connectivity index (χ1v) is 7.61. The summed E-state index contributed by atoms with van der Waals surface area (Å²) in [6, 6.07) is 5.67. The van der Waals surface area contributed by atoms with Crippen molar-refractivity contribution in [2.75, 3.05) is 0 Å². The van der Waals surface area contributed by atoms with Crippen LogP contribution in [0, 0.1) is 6.92 Å². The van der Waals surface area contributed by atoms with Crippen molar-refractivity contribution in [1.82, 2.24) is 24.7 Å². The minimum atomic E-state index is -4.64. The Morgan fingerprint density at radius 3 is 2.62 bits per heavy atom. The van der Waals surface area contributed by atoms with Crippen LogP contribution >= 0.6 is 0 Å². The summed E-state index contributed by atoms with van der Waals surface area (Å²) in [5.74, 6) is 0. The normalized spacial score (nSPS) is 12.3. The van der Waals surface area contributed by atoms with E-state index in [0.29, 0.717) is 22.7 Å². The molecule has 0 amide bonds. The molecule has 0 unspecified atom stereocenters. The third kappa shape index (κ3) is 2.45. The van der Waals surface area contributed by atoms with Gasteiger partial charge >= 0.3 is 6.18 Å². The van der Waals surface area contributed by atoms with Crippen molar-refractivity contribution in [3.8, 4) is 0 Å². The van der Waals surface area contributed by atoms with Gasteiger partial charge in [0.05, 0.1) is 23.2 Å². The van der Waals surface area contributed by atoms with E-state index in [1.54, 1.807) is 18.2 Å². The molecule has 0 saturated carbocycles. The molecule has 26 heavy (non-hydrogen) atoms. The maximum atomic E-state index is 13.4. The highest BCUT2D eigenvalue weighted by Crippen LogP contribution is 2.35. The first-order chi connectivity index (χ1) is 12.3. The van der Waals surface area contributed by atoms with Crippen molar-refractivity contribution in [2.24, 2.45) is 7.05 Å². The Kier molecular flexibility index (Phi) is 3.40. The molecule has 1 aromatic carbocycles. The van der Waals surface area contributed by atoms with Gasteiger partial charge in [-0.2, -0.15) is 18.3 Å². The quantitative estimate of drug-likeness (QED) is 0.547. The number of rotatable bonds is 2. The summed E-state index contributed by atoms with van der Waals surface area (Å²) >= 11 is 0. The number of hydrogen-bond acceptors (Lipinski definition) is 5. The molecule has 0 atom stereocenters. The molecule has 0 aliphatic heterocycles. The number of benzene rings is 1. The standard InChI is InChI=1S/C16H12F3N5O2/c1-8-14-10(16(17,18)19)6-13(25)24(15(14)23(2)20-8)7-9-3-4-11-12(5-9)22-26-21-11/h3-6H,7H2,1-2H3. The van der Waals surface area contributed by atoms with Gasteiger partial charge in [-0.05, 0) is 34.9 Å². The zero-order chi connectivity index (χ0) is 18.6. The second-order valence-corrected chi connectivity index (χ2v) is 5.98. The van der Waals surface area contributed by atoms with Crippen LogP contribution < -0.4 is 5.56 Å². The van der Waals surface area contributed by atoms with Gasteiger partial charge in [0.25, 0.3) is 5.56 Å². The lowest BCUT2D eigenvalue weighted by Gasteiger charge is -2.13. The van der Waals surface area contributed by atoms with E-state index >= 15 is 0 Å². The van der Waals surface area contributed by atoms with Crippen molar-refractivity contribution in [3.63, 3.8) is 0 Å². The molecule has 0 spiro atoms. The number of nitrogens with zero attached hydrogens (tertiary/aromatic N) is 5. The van der Waals surface area contributed by atoms with Gasteiger partial charge in [0.1, 0.15) is 16.7 Å². The van der Waals surface area contributed by atoms with Crippen molar-refractivity contribution in [2.45, 2.75) is 19.6 Å². The highest BCUT2D eigenvalue weighted by molar-refractivity contribution is 5.83. The first kappa shape index (κ1) is 16.3. The number of fused-ring (bicyclic) bond motifs is 2. The molecule has 4 rings (SSSR count). The molecule has 4 aromatic rings. The number of hydrogen-bond donors (Lipinski definition) is 0. The lowest BCUT2D eigenvalue weighted by Crippen LogP contribution is -2.24. The van der Waals surface area contributed by atoms with E-state index in [4.69, 9.17) is 0 Å². The predicted molar refractivity (Wildman–Crippen MR) is 85.6 cm³/mol. The lowest BCUT2D eigenvalue weighted by molar-refractivity contribution is -0.136. The van der Waals surface area contributed by atoms with Crippen LogP contribution in [0.4, 0.5) is 13.2 Å². The molecule has 0 fully saturated rings. The van der Waals surface area contributed by atoms with E-state index < -0.39 is 17.3 Å². The Bertz CT molecular complexity index is 1200. The zero-order valence-corrected chi connectivity index (χ0v) is 13.7. The molecule has 3 aromatic heterocycles. The maximum absolute atomic E-state index is 13.4. The monoisotopic (exact) mass is 363 g/mol. The second-order valence-electron chi connectivity index (χ2n) is 5.98. The number of halogens is 3. The summed E-state index contributed by atoms with van der Waals surface area (Å²) in [5, 5.41) is 11.4. The SMILES string of the molecule is Cc1nn(C)c2c1c(C(F)(F)F)cc(=O)n2Cc1ccc2nonc2c1. The van der Waals surface area contributed by atoms with Gasteiger partial charge in [-0.3, -0.25) is 14.0 Å². The molecule has 0 radical (unpaired) electrons. The molecule has 0 N–H and O–H groups in total. The Hall–Kier alpha value is -3.17. The van der Waals surface area contributed by atoms with Gasteiger partial charge in [-0.1, -0.05) is 6.07 Å². The average molecular weight is 363 g/mol. The van der Waals surface area contributed by atoms with Crippen LogP contribution in [0.5, 0.6) is 0 Å². The smallest absolute Gasteiger partial charge is 0.288 e. The topological polar surface area (TPSA) is 78.7 Å². The largest absolute Gasteiger partial charge is 0.417 e. The second kappa shape index (κ2) is 5.41. The molecular formula is C16H12F3N5O2. The van der Waals surface area contributed by atoms with Gasteiger partial charge in [0.15, 0.2) is 0 Å². The maximum Gasteiger partial charge on any atom is 0.417 e. The summed E-state index contributed by atoms with van der Waals surface area (Å²) in [6.45, 7) is 1.55. The van der Waals surface area contributed by atoms with Gasteiger partial charge in [0.2, 0.25) is 0 Å². The zero-order valence-electron chi connectivity index (χ0n) is 13.7. The van der Waals surface area contributed by atoms with E-state index in [-0.39, 0.29) is 23.3 Å². The summed E-state index contributed by atoms with van der Waals surface area (Å²) in [4.78, 5) is 12.5. The molecule has 0 saturated heterocycles. The van der Waals surface area contributed by atoms with Crippen LogP contribution in [0.3, 0.4) is 0 Å². The van der Waals surface area contributed by atoms with Gasteiger partial charge in [-0.25, -0.2) is 4.63 Å². The predicted octanol–water partition coefficient (Wildman–Crippen LogP) is 2.65. The highest BCUT2D eigenvalue weighted by atomic mass is 19.4. The Morgan fingerprint density at radius 1 is 1.15 bits per heavy atom. The van der Waals surface area contributed by atoms with Crippen LogP contribution in [0.1, 0.15) is 16.8 Å². The molecule has 0 bridgehead atoms. The third-order valence-corrected chi connectivity index (χ3v) is 4.22. The number of aromatic nitrogens is 5. The molecule has 3 heterocycles. The van der Waals surface area contributed by atoms with Crippen LogP contribution in [0.15, 0.2) is 33.7 Å². The molecular weight excluding hydrogens is 351 g/mol. The lowest BCUT2D eigenvalue weighted by atomic mass is 10.1. The average Bonchev–Trinajstić information content (AvgIpc) is 3.13. The fraction of sp³-hybridized carbons (Fsp3) is 0.250. The number of alkyl halides is 3. The van der Waals surface area contributed by atoms with E-state index in [1.807, 2.05) is 0 Å². The van der Waals surface area contributed by atoms with Crippen molar-refractivity contribution in [1.29, 1.82) is 0 Å². The highest BCUT2D eigenvalue weighted by Gasteiger charge is 2.35. The third-order valence-electron chi connectivity index (χ3n) is 4.22. The first-order valence-electron chi connectivity index (χ1n) is 7.61. The molecule has 0 aliphatic carbocycles. The minimum Gasteiger partial charge on any atom is -0.288 e. The van der Waals surface area contributed by atoms with E-state index in [1.165, 1.54) is 23.2 Å². The summed E-state index contributed by atoms with van der Waals surface area (Å²) in [7, 11) is 1.51. The molecule has 7 nitrogen and oxygen atoms in total. The van der Waals surface area contributed by atoms with Crippen LogP contribution in [0.25, 0.3) is 22.1 Å². The molecule has 10 heteroatoms. The van der Waals surface area contributed by atoms with Crippen molar-refractivity contribution < 1.29 is 17.8 Å². The summed E-state index contributed by atoms with van der Waals surface area (Å²) in [5.41, 5.74) is 0.312.